The van der Waals surface area contributed by atoms with Crippen LogP contribution in [0, 0.1) is 10.1 Å². The number of nitro groups is 1. The molecule has 1 rings (SSSR count). The molecule has 15 heavy (non-hydrogen) atoms. The fourth-order valence-corrected chi connectivity index (χ4v) is 1.53. The summed E-state index contributed by atoms with van der Waals surface area (Å²) in [5, 5.41) is 10.4. The smallest absolute Gasteiger partial charge is 0.258 e. The third-order valence-corrected chi connectivity index (χ3v) is 2.60. The fourth-order valence-electron chi connectivity index (χ4n) is 1.25. The molecule has 0 aromatic heterocycles. The van der Waals surface area contributed by atoms with Gasteiger partial charge in [-0.3, -0.25) is 10.1 Å². The first-order valence-electron chi connectivity index (χ1n) is 4.92. The van der Waals surface area contributed by atoms with E-state index in [1.54, 1.807) is 12.1 Å². The predicted molar refractivity (Wildman–Crippen MR) is 64.3 cm³/mol. The minimum absolute atomic E-state index is 0.108. The molecule has 0 aliphatic carbocycles. The molecule has 0 spiro atoms. The van der Waals surface area contributed by atoms with Crippen LogP contribution in [-0.4, -0.2) is 9.79 Å². The highest BCUT2D eigenvalue weighted by Crippen LogP contribution is 2.14. The largest absolute Gasteiger partial charge is 0.269 e. The lowest BCUT2D eigenvalue weighted by Crippen LogP contribution is -1.97. The van der Waals surface area contributed by atoms with E-state index in [1.807, 2.05) is 0 Å². The van der Waals surface area contributed by atoms with Crippen LogP contribution in [0.2, 0.25) is 0 Å². The van der Waals surface area contributed by atoms with Gasteiger partial charge in [-0.05, 0) is 30.5 Å². The molecule has 0 saturated heterocycles. The van der Waals surface area contributed by atoms with E-state index in [0.29, 0.717) is 0 Å². The van der Waals surface area contributed by atoms with Gasteiger partial charge in [0.1, 0.15) is 0 Å². The van der Waals surface area contributed by atoms with Crippen molar-refractivity contribution in [3.8, 4) is 0 Å². The summed E-state index contributed by atoms with van der Waals surface area (Å²) in [6, 6.07) is 6.42. The molecule has 0 aliphatic heterocycles. The predicted octanol–water partition coefficient (Wildman–Crippen LogP) is 3.50. The molecule has 0 bridgehead atoms. The molecule has 3 nitrogen and oxygen atoms in total. The lowest BCUT2D eigenvalue weighted by atomic mass is 10.1. The van der Waals surface area contributed by atoms with Crippen LogP contribution in [0.4, 0.5) is 5.69 Å². The van der Waals surface area contributed by atoms with Crippen molar-refractivity contribution in [3.63, 3.8) is 0 Å². The summed E-state index contributed by atoms with van der Waals surface area (Å²) in [6.45, 7) is 2.11. The number of nitro benzene ring substituents is 1. The second-order valence-corrected chi connectivity index (χ2v) is 3.82. The van der Waals surface area contributed by atoms with Crippen molar-refractivity contribution in [1.82, 2.24) is 0 Å². The molecule has 0 amide bonds. The van der Waals surface area contributed by atoms with Crippen molar-refractivity contribution in [3.05, 3.63) is 39.9 Å². The summed E-state index contributed by atoms with van der Waals surface area (Å²) in [4.78, 5) is 10.9. The van der Waals surface area contributed by atoms with Gasteiger partial charge in [-0.15, -0.1) is 0 Å². The Morgan fingerprint density at radius 1 is 1.40 bits per heavy atom. The van der Waals surface area contributed by atoms with Crippen LogP contribution in [0.1, 0.15) is 31.7 Å². The van der Waals surface area contributed by atoms with E-state index in [2.05, 4.69) is 6.92 Å². The quantitative estimate of drug-likeness (QED) is 0.332. The number of non-ortho nitro benzene ring substituents is 1. The van der Waals surface area contributed by atoms with Gasteiger partial charge >= 0.3 is 0 Å². The summed E-state index contributed by atoms with van der Waals surface area (Å²) in [5.74, 6) is 0. The maximum absolute atomic E-state index is 10.4. The molecule has 0 atom stereocenters. The molecule has 0 N–H and O–H groups in total. The first-order chi connectivity index (χ1) is 7.15. The summed E-state index contributed by atoms with van der Waals surface area (Å²) in [5.41, 5.74) is 1.03. The molecule has 0 unspecified atom stereocenters. The van der Waals surface area contributed by atoms with Crippen molar-refractivity contribution < 1.29 is 4.92 Å². The SMILES string of the molecule is CCCCC(=S)c1ccc([N+](=O)[O-])cc1. The maximum atomic E-state index is 10.4. The number of hydrogen-bond donors (Lipinski definition) is 0. The maximum Gasteiger partial charge on any atom is 0.269 e. The van der Waals surface area contributed by atoms with Crippen LogP contribution >= 0.6 is 12.2 Å². The highest BCUT2D eigenvalue weighted by molar-refractivity contribution is 7.80. The molecular formula is C11H13NO2S. The molecule has 1 aromatic carbocycles. The highest BCUT2D eigenvalue weighted by Gasteiger charge is 2.06. The van der Waals surface area contributed by atoms with Gasteiger partial charge in [-0.1, -0.05) is 25.6 Å². The normalized spacial score (nSPS) is 9.93. The number of thiocarbonyl (C=S) groups is 1. The van der Waals surface area contributed by atoms with Crippen LogP contribution in [0.5, 0.6) is 0 Å². The van der Waals surface area contributed by atoms with Crippen molar-refractivity contribution in [2.45, 2.75) is 26.2 Å². The van der Waals surface area contributed by atoms with Gasteiger partial charge in [0.2, 0.25) is 0 Å². The van der Waals surface area contributed by atoms with E-state index in [-0.39, 0.29) is 5.69 Å². The number of unbranched alkanes of at least 4 members (excludes halogenated alkanes) is 1. The van der Waals surface area contributed by atoms with Gasteiger partial charge in [0, 0.05) is 17.0 Å². The van der Waals surface area contributed by atoms with Gasteiger partial charge in [-0.25, -0.2) is 0 Å². The number of nitrogens with zero attached hydrogens (tertiary/aromatic N) is 1. The van der Waals surface area contributed by atoms with Gasteiger partial charge < -0.3 is 0 Å². The first-order valence-corrected chi connectivity index (χ1v) is 5.33. The minimum Gasteiger partial charge on any atom is -0.258 e. The van der Waals surface area contributed by atoms with Crippen LogP contribution in [0.3, 0.4) is 0 Å². The molecule has 4 heteroatoms. The molecule has 0 saturated carbocycles. The zero-order chi connectivity index (χ0) is 11.3. The van der Waals surface area contributed by atoms with Crippen molar-refractivity contribution in [1.29, 1.82) is 0 Å². The Labute approximate surface area is 94.3 Å². The summed E-state index contributed by atoms with van der Waals surface area (Å²) >= 11 is 5.23. The zero-order valence-corrected chi connectivity index (χ0v) is 9.42. The Kier molecular flexibility index (Phi) is 4.37. The van der Waals surface area contributed by atoms with E-state index in [1.165, 1.54) is 12.1 Å². The average molecular weight is 223 g/mol. The summed E-state index contributed by atoms with van der Waals surface area (Å²) in [7, 11) is 0. The third kappa shape index (κ3) is 3.40. The Bertz CT molecular complexity index is 359. The number of hydrogen-bond acceptors (Lipinski definition) is 3. The Morgan fingerprint density at radius 3 is 2.47 bits per heavy atom. The molecular weight excluding hydrogens is 210 g/mol. The topological polar surface area (TPSA) is 43.1 Å². The van der Waals surface area contributed by atoms with Crippen molar-refractivity contribution in [2.24, 2.45) is 0 Å². The average Bonchev–Trinajstić information content (AvgIpc) is 2.26. The number of benzene rings is 1. The van der Waals surface area contributed by atoms with E-state index in [4.69, 9.17) is 12.2 Å². The van der Waals surface area contributed by atoms with Gasteiger partial charge in [0.25, 0.3) is 5.69 Å². The highest BCUT2D eigenvalue weighted by atomic mass is 32.1. The fraction of sp³-hybridized carbons (Fsp3) is 0.364. The van der Waals surface area contributed by atoms with Gasteiger partial charge in [0.05, 0.1) is 4.92 Å². The summed E-state index contributed by atoms with van der Waals surface area (Å²) < 4.78 is 0. The first kappa shape index (κ1) is 11.8. The second kappa shape index (κ2) is 5.56. The van der Waals surface area contributed by atoms with E-state index in [9.17, 15) is 10.1 Å². The zero-order valence-electron chi connectivity index (χ0n) is 8.60. The molecule has 0 radical (unpaired) electrons. The van der Waals surface area contributed by atoms with Crippen molar-refractivity contribution >= 4 is 22.8 Å². The number of rotatable bonds is 5. The van der Waals surface area contributed by atoms with Crippen LogP contribution in [0.25, 0.3) is 0 Å². The minimum atomic E-state index is -0.404. The summed E-state index contributed by atoms with van der Waals surface area (Å²) in [6.07, 6.45) is 3.05. The lowest BCUT2D eigenvalue weighted by Gasteiger charge is -2.02. The van der Waals surface area contributed by atoms with Crippen molar-refractivity contribution in [2.75, 3.05) is 0 Å². The van der Waals surface area contributed by atoms with Crippen LogP contribution in [-0.2, 0) is 0 Å². The molecule has 80 valence electrons. The Hall–Kier alpha value is -1.29. The van der Waals surface area contributed by atoms with Crippen LogP contribution in [0.15, 0.2) is 24.3 Å². The molecule has 0 fully saturated rings. The van der Waals surface area contributed by atoms with Gasteiger partial charge in [-0.2, -0.15) is 0 Å². The monoisotopic (exact) mass is 223 g/mol. The Morgan fingerprint density at radius 2 is 2.00 bits per heavy atom. The molecule has 0 heterocycles. The standard InChI is InChI=1S/C11H13NO2S/c1-2-3-4-11(15)9-5-7-10(8-6-9)12(13)14/h5-8H,2-4H2,1H3. The molecule has 1 aromatic rings. The Balaban J connectivity index is 2.71. The van der Waals surface area contributed by atoms with Gasteiger partial charge in [0.15, 0.2) is 0 Å². The van der Waals surface area contributed by atoms with E-state index in [0.717, 1.165) is 29.7 Å². The van der Waals surface area contributed by atoms with Crippen LogP contribution < -0.4 is 0 Å². The third-order valence-electron chi connectivity index (χ3n) is 2.16. The van der Waals surface area contributed by atoms with E-state index >= 15 is 0 Å². The molecule has 0 aliphatic rings. The second-order valence-electron chi connectivity index (χ2n) is 3.33. The lowest BCUT2D eigenvalue weighted by molar-refractivity contribution is -0.384. The van der Waals surface area contributed by atoms with E-state index < -0.39 is 4.92 Å².